The van der Waals surface area contributed by atoms with Gasteiger partial charge in [-0.05, 0) is 43.2 Å². The molecule has 1 aliphatic heterocycles. The molecule has 1 saturated heterocycles. The molecule has 2 bridgehead atoms. The van der Waals surface area contributed by atoms with Gasteiger partial charge in [-0.3, -0.25) is 19.2 Å². The average Bonchev–Trinajstić information content (AvgIpc) is 3.46. The molecule has 1 heterocycles. The Hall–Kier alpha value is -2.99. The van der Waals surface area contributed by atoms with Crippen molar-refractivity contribution in [2.75, 3.05) is 6.54 Å². The second-order valence-corrected chi connectivity index (χ2v) is 8.91. The molecule has 31 heavy (non-hydrogen) atoms. The standard InChI is InChI=1S/C24H21ClN2O4/c25-18-9-5-4-8-17(18)22(29)26(13-19(28)14-6-2-1-3-7-14)27-23(30)20-15-10-11-16(12-15)21(20)24(27)31/h1-9,15-16,20-21H,10-13H2/t15-,16-,20-,21+/m0/s1. The molecule has 3 fully saturated rings. The molecule has 0 unspecified atom stereocenters. The van der Waals surface area contributed by atoms with E-state index in [2.05, 4.69) is 0 Å². The fourth-order valence-electron chi connectivity index (χ4n) is 5.49. The minimum absolute atomic E-state index is 0.144. The lowest BCUT2D eigenvalue weighted by molar-refractivity contribution is -0.154. The van der Waals surface area contributed by atoms with Crippen molar-refractivity contribution in [3.8, 4) is 0 Å². The third-order valence-electron chi connectivity index (χ3n) is 6.87. The Bertz CT molecular complexity index is 1060. The Morgan fingerprint density at radius 1 is 0.903 bits per heavy atom. The number of Topliss-reactive ketones (excluding diaryl/α,β-unsaturated/α-hetero) is 1. The lowest BCUT2D eigenvalue weighted by Gasteiger charge is -2.31. The molecule has 158 valence electrons. The van der Waals surface area contributed by atoms with Crippen LogP contribution < -0.4 is 0 Å². The zero-order chi connectivity index (χ0) is 21.7. The second-order valence-electron chi connectivity index (χ2n) is 8.50. The Morgan fingerprint density at radius 2 is 1.48 bits per heavy atom. The Kier molecular flexibility index (Phi) is 4.89. The molecular formula is C24H21ClN2O4. The van der Waals surface area contributed by atoms with E-state index in [0.29, 0.717) is 5.56 Å². The quantitative estimate of drug-likeness (QED) is 0.530. The van der Waals surface area contributed by atoms with Crippen LogP contribution in [0, 0.1) is 23.7 Å². The number of nitrogens with zero attached hydrogens (tertiary/aromatic N) is 2. The highest BCUT2D eigenvalue weighted by molar-refractivity contribution is 6.34. The van der Waals surface area contributed by atoms with Crippen molar-refractivity contribution in [1.82, 2.24) is 10.0 Å². The summed E-state index contributed by atoms with van der Waals surface area (Å²) in [4.78, 5) is 53.1. The zero-order valence-electron chi connectivity index (χ0n) is 16.7. The first-order valence-corrected chi connectivity index (χ1v) is 10.9. The fourth-order valence-corrected chi connectivity index (χ4v) is 5.71. The summed E-state index contributed by atoms with van der Waals surface area (Å²) >= 11 is 6.23. The van der Waals surface area contributed by atoms with Crippen LogP contribution in [-0.2, 0) is 9.59 Å². The predicted octanol–water partition coefficient (Wildman–Crippen LogP) is 3.61. The maximum absolute atomic E-state index is 13.5. The summed E-state index contributed by atoms with van der Waals surface area (Å²) in [6.45, 7) is -0.416. The van der Waals surface area contributed by atoms with Crippen molar-refractivity contribution >= 4 is 35.1 Å². The van der Waals surface area contributed by atoms with E-state index >= 15 is 0 Å². The number of amides is 3. The Labute approximate surface area is 184 Å². The maximum atomic E-state index is 13.5. The van der Waals surface area contributed by atoms with E-state index in [1.54, 1.807) is 48.5 Å². The van der Waals surface area contributed by atoms with Crippen LogP contribution in [-0.4, -0.2) is 40.1 Å². The van der Waals surface area contributed by atoms with Crippen molar-refractivity contribution in [1.29, 1.82) is 0 Å². The summed E-state index contributed by atoms with van der Waals surface area (Å²) < 4.78 is 0. The van der Waals surface area contributed by atoms with Crippen molar-refractivity contribution in [3.63, 3.8) is 0 Å². The first-order valence-electron chi connectivity index (χ1n) is 10.5. The molecule has 0 aromatic heterocycles. The highest BCUT2D eigenvalue weighted by Gasteiger charge is 2.62. The maximum Gasteiger partial charge on any atom is 0.274 e. The van der Waals surface area contributed by atoms with Crippen LogP contribution in [0.25, 0.3) is 0 Å². The minimum Gasteiger partial charge on any atom is -0.292 e. The van der Waals surface area contributed by atoms with Crippen molar-refractivity contribution in [2.45, 2.75) is 19.3 Å². The summed E-state index contributed by atoms with van der Waals surface area (Å²) in [5.41, 5.74) is 0.546. The zero-order valence-corrected chi connectivity index (χ0v) is 17.5. The molecule has 2 saturated carbocycles. The van der Waals surface area contributed by atoms with Gasteiger partial charge < -0.3 is 0 Å². The summed E-state index contributed by atoms with van der Waals surface area (Å²) in [5.74, 6) is -2.16. The van der Waals surface area contributed by atoms with Crippen LogP contribution >= 0.6 is 11.6 Å². The van der Waals surface area contributed by atoms with Gasteiger partial charge in [0, 0.05) is 5.56 Å². The lowest BCUT2D eigenvalue weighted by Crippen LogP contribution is -2.52. The molecular weight excluding hydrogens is 416 g/mol. The van der Waals surface area contributed by atoms with Gasteiger partial charge >= 0.3 is 0 Å². The van der Waals surface area contributed by atoms with E-state index in [9.17, 15) is 19.2 Å². The highest BCUT2D eigenvalue weighted by Crippen LogP contribution is 2.56. The summed E-state index contributed by atoms with van der Waals surface area (Å²) in [6.07, 6.45) is 2.75. The molecule has 2 aliphatic carbocycles. The number of benzene rings is 2. The van der Waals surface area contributed by atoms with E-state index in [1.807, 2.05) is 0 Å². The molecule has 2 aromatic rings. The van der Waals surface area contributed by atoms with Gasteiger partial charge in [-0.15, -0.1) is 0 Å². The first kappa shape index (κ1) is 19.9. The van der Waals surface area contributed by atoms with Crippen molar-refractivity contribution in [2.24, 2.45) is 23.7 Å². The predicted molar refractivity (Wildman–Crippen MR) is 113 cm³/mol. The number of carbonyl (C=O) groups excluding carboxylic acids is 4. The fraction of sp³-hybridized carbons (Fsp3) is 0.333. The van der Waals surface area contributed by atoms with Crippen LogP contribution in [0.15, 0.2) is 54.6 Å². The molecule has 0 radical (unpaired) electrons. The third-order valence-corrected chi connectivity index (χ3v) is 7.20. The van der Waals surface area contributed by atoms with E-state index in [-0.39, 0.29) is 51.9 Å². The number of imide groups is 1. The monoisotopic (exact) mass is 436 g/mol. The molecule has 3 amide bonds. The van der Waals surface area contributed by atoms with Gasteiger partial charge in [-0.1, -0.05) is 54.1 Å². The van der Waals surface area contributed by atoms with Gasteiger partial charge in [0.25, 0.3) is 17.7 Å². The van der Waals surface area contributed by atoms with Crippen LogP contribution in [0.2, 0.25) is 5.02 Å². The highest BCUT2D eigenvalue weighted by atomic mass is 35.5. The van der Waals surface area contributed by atoms with E-state index < -0.39 is 12.5 Å². The summed E-state index contributed by atoms with van der Waals surface area (Å²) in [5, 5.41) is 2.13. The van der Waals surface area contributed by atoms with Crippen molar-refractivity contribution < 1.29 is 19.2 Å². The number of hydrazine groups is 1. The SMILES string of the molecule is O=C(CN(C(=O)c1ccccc1Cl)N1C(=O)[C@@H]2[C@H]3CC[C@@H](C3)[C@@H]2C1=O)c1ccccc1. The summed E-state index contributed by atoms with van der Waals surface area (Å²) in [7, 11) is 0. The number of fused-ring (bicyclic) bond motifs is 5. The van der Waals surface area contributed by atoms with E-state index in [0.717, 1.165) is 29.3 Å². The molecule has 5 rings (SSSR count). The van der Waals surface area contributed by atoms with Gasteiger partial charge in [-0.2, -0.15) is 5.01 Å². The third kappa shape index (κ3) is 3.17. The van der Waals surface area contributed by atoms with Crippen LogP contribution in [0.1, 0.15) is 40.0 Å². The molecule has 4 atom stereocenters. The topological polar surface area (TPSA) is 74.8 Å². The van der Waals surface area contributed by atoms with Gasteiger partial charge in [0.15, 0.2) is 5.78 Å². The number of hydrogen-bond acceptors (Lipinski definition) is 4. The van der Waals surface area contributed by atoms with Crippen molar-refractivity contribution in [3.05, 3.63) is 70.7 Å². The normalized spacial score (nSPS) is 26.3. The van der Waals surface area contributed by atoms with Crippen LogP contribution in [0.3, 0.4) is 0 Å². The molecule has 2 aromatic carbocycles. The van der Waals surface area contributed by atoms with Gasteiger partial charge in [-0.25, -0.2) is 5.01 Å². The molecule has 7 heteroatoms. The molecule has 0 spiro atoms. The van der Waals surface area contributed by atoms with Gasteiger partial charge in [0.05, 0.1) is 22.4 Å². The Morgan fingerprint density at radius 3 is 2.10 bits per heavy atom. The number of ketones is 1. The largest absolute Gasteiger partial charge is 0.292 e. The van der Waals surface area contributed by atoms with E-state index in [4.69, 9.17) is 11.6 Å². The molecule has 0 N–H and O–H groups in total. The smallest absolute Gasteiger partial charge is 0.274 e. The number of hydrogen-bond donors (Lipinski definition) is 0. The number of carbonyl (C=O) groups is 4. The Balaban J connectivity index is 1.52. The minimum atomic E-state index is -0.635. The average molecular weight is 437 g/mol. The van der Waals surface area contributed by atoms with E-state index in [1.165, 1.54) is 6.07 Å². The van der Waals surface area contributed by atoms with Gasteiger partial charge in [0.2, 0.25) is 0 Å². The molecule has 6 nitrogen and oxygen atoms in total. The first-order chi connectivity index (χ1) is 15.0. The van der Waals surface area contributed by atoms with Crippen LogP contribution in [0.5, 0.6) is 0 Å². The lowest BCUT2D eigenvalue weighted by atomic mass is 9.81. The van der Waals surface area contributed by atoms with Gasteiger partial charge in [0.1, 0.15) is 6.54 Å². The summed E-state index contributed by atoms with van der Waals surface area (Å²) in [6, 6.07) is 14.9. The number of rotatable bonds is 5. The molecule has 3 aliphatic rings. The number of halogens is 1. The van der Waals surface area contributed by atoms with Crippen LogP contribution in [0.4, 0.5) is 0 Å². The second kappa shape index (κ2) is 7.61.